The molecule has 0 aliphatic heterocycles. The van der Waals surface area contributed by atoms with Gasteiger partial charge in [-0.2, -0.15) is 8.42 Å². The fourth-order valence-corrected chi connectivity index (χ4v) is 3.78. The monoisotopic (exact) mass is 354 g/mol. The van der Waals surface area contributed by atoms with Gasteiger partial charge in [0.2, 0.25) is 0 Å². The molecule has 0 amide bonds. The molecule has 0 unspecified atom stereocenters. The first kappa shape index (κ1) is 18.5. The predicted octanol–water partition coefficient (Wildman–Crippen LogP) is 3.05. The van der Waals surface area contributed by atoms with Crippen molar-refractivity contribution in [1.82, 2.24) is 0 Å². The maximum absolute atomic E-state index is 12.2. The highest BCUT2D eigenvalue weighted by Crippen LogP contribution is 2.28. The first-order chi connectivity index (χ1) is 11.0. The highest BCUT2D eigenvalue weighted by molar-refractivity contribution is 7.87. The van der Waals surface area contributed by atoms with Crippen molar-refractivity contribution in [2.24, 2.45) is 0 Å². The van der Waals surface area contributed by atoms with Crippen LogP contribution in [0.2, 0.25) is 0 Å². The molecule has 0 saturated heterocycles. The largest absolute Gasteiger partial charge is 0.423 e. The molecular formula is C17H22O6S. The van der Waals surface area contributed by atoms with Crippen molar-refractivity contribution in [2.75, 3.05) is 12.9 Å². The van der Waals surface area contributed by atoms with E-state index in [4.69, 9.17) is 13.3 Å². The Morgan fingerprint density at radius 1 is 1.21 bits per heavy atom. The standard InChI is InChI=1S/C17H22O6S/c1-11(2)14-9-16(18)22-15-8-12(6-7-13(14)15)23-24(19,20)10-17(3,4)21-5/h6-9,11H,10H2,1-5H3. The van der Waals surface area contributed by atoms with E-state index in [0.29, 0.717) is 5.58 Å². The first-order valence-electron chi connectivity index (χ1n) is 7.58. The third kappa shape index (κ3) is 4.36. The van der Waals surface area contributed by atoms with Gasteiger partial charge < -0.3 is 13.3 Å². The number of hydrogen-bond acceptors (Lipinski definition) is 6. The van der Waals surface area contributed by atoms with Gasteiger partial charge in [0.15, 0.2) is 0 Å². The summed E-state index contributed by atoms with van der Waals surface area (Å²) in [5, 5.41) is 0.756. The summed E-state index contributed by atoms with van der Waals surface area (Å²) in [6.45, 7) is 7.25. The van der Waals surface area contributed by atoms with E-state index in [9.17, 15) is 13.2 Å². The van der Waals surface area contributed by atoms with Crippen molar-refractivity contribution < 1.29 is 21.8 Å². The molecule has 0 aliphatic rings. The molecule has 1 aromatic carbocycles. The van der Waals surface area contributed by atoms with Gasteiger partial charge in [0.1, 0.15) is 17.1 Å². The van der Waals surface area contributed by atoms with E-state index < -0.39 is 21.3 Å². The molecule has 7 heteroatoms. The molecule has 132 valence electrons. The molecule has 0 N–H and O–H groups in total. The van der Waals surface area contributed by atoms with Crippen LogP contribution in [0, 0.1) is 0 Å². The van der Waals surface area contributed by atoms with Crippen LogP contribution >= 0.6 is 0 Å². The second-order valence-electron chi connectivity index (χ2n) is 6.58. The van der Waals surface area contributed by atoms with E-state index in [1.165, 1.54) is 19.2 Å². The molecule has 2 aromatic rings. The molecule has 24 heavy (non-hydrogen) atoms. The summed E-state index contributed by atoms with van der Waals surface area (Å²) in [5.41, 5.74) is -0.208. The molecule has 0 bridgehead atoms. The summed E-state index contributed by atoms with van der Waals surface area (Å²) in [6, 6.07) is 6.11. The van der Waals surface area contributed by atoms with Crippen LogP contribution in [-0.2, 0) is 14.9 Å². The summed E-state index contributed by atoms with van der Waals surface area (Å²) in [4.78, 5) is 11.7. The van der Waals surface area contributed by atoms with Crippen molar-refractivity contribution in [2.45, 2.75) is 39.2 Å². The van der Waals surface area contributed by atoms with E-state index in [0.717, 1.165) is 10.9 Å². The summed E-state index contributed by atoms with van der Waals surface area (Å²) in [7, 11) is -2.42. The molecule has 0 radical (unpaired) electrons. The zero-order valence-corrected chi connectivity index (χ0v) is 15.3. The Bertz CT molecular complexity index is 893. The molecule has 2 rings (SSSR count). The van der Waals surface area contributed by atoms with Gasteiger partial charge >= 0.3 is 15.7 Å². The lowest BCUT2D eigenvalue weighted by molar-refractivity contribution is 0.0415. The molecular weight excluding hydrogens is 332 g/mol. The minimum atomic E-state index is -3.85. The fraction of sp³-hybridized carbons (Fsp3) is 0.471. The van der Waals surface area contributed by atoms with Crippen LogP contribution < -0.4 is 9.81 Å². The minimum Gasteiger partial charge on any atom is -0.423 e. The summed E-state index contributed by atoms with van der Waals surface area (Å²) >= 11 is 0. The summed E-state index contributed by atoms with van der Waals surface area (Å²) in [6.07, 6.45) is 0. The Morgan fingerprint density at radius 3 is 2.46 bits per heavy atom. The predicted molar refractivity (Wildman–Crippen MR) is 92.1 cm³/mol. The van der Waals surface area contributed by atoms with Crippen molar-refractivity contribution >= 4 is 21.1 Å². The summed E-state index contributed by atoms with van der Waals surface area (Å²) < 4.78 is 39.7. The van der Waals surface area contributed by atoms with E-state index in [-0.39, 0.29) is 17.4 Å². The molecule has 0 fully saturated rings. The Kier molecular flexibility index (Phi) is 5.05. The van der Waals surface area contributed by atoms with Gasteiger partial charge in [-0.05, 0) is 37.5 Å². The van der Waals surface area contributed by atoms with Crippen molar-refractivity contribution in [3.63, 3.8) is 0 Å². The molecule has 0 aliphatic carbocycles. The number of benzene rings is 1. The van der Waals surface area contributed by atoms with Crippen LogP contribution in [0.4, 0.5) is 0 Å². The second-order valence-corrected chi connectivity index (χ2v) is 8.15. The first-order valence-corrected chi connectivity index (χ1v) is 9.16. The molecule has 1 aromatic heterocycles. The van der Waals surface area contributed by atoms with Crippen LogP contribution in [-0.4, -0.2) is 26.9 Å². The lowest BCUT2D eigenvalue weighted by atomic mass is 10.00. The maximum atomic E-state index is 12.2. The fourth-order valence-electron chi connectivity index (χ4n) is 2.36. The van der Waals surface area contributed by atoms with Crippen LogP contribution in [0.5, 0.6) is 5.75 Å². The van der Waals surface area contributed by atoms with E-state index in [1.54, 1.807) is 26.0 Å². The van der Waals surface area contributed by atoms with Crippen LogP contribution in [0.15, 0.2) is 33.5 Å². The Hall–Kier alpha value is -1.86. The minimum absolute atomic E-state index is 0.0958. The number of methoxy groups -OCH3 is 1. The van der Waals surface area contributed by atoms with E-state index in [2.05, 4.69) is 0 Å². The third-order valence-corrected chi connectivity index (χ3v) is 5.17. The Balaban J connectivity index is 2.40. The van der Waals surface area contributed by atoms with Crippen LogP contribution in [0.3, 0.4) is 0 Å². The molecule has 1 heterocycles. The quantitative estimate of drug-likeness (QED) is 0.586. The third-order valence-electron chi connectivity index (χ3n) is 3.67. The van der Waals surface area contributed by atoms with Crippen molar-refractivity contribution in [3.8, 4) is 5.75 Å². The van der Waals surface area contributed by atoms with E-state index >= 15 is 0 Å². The highest BCUT2D eigenvalue weighted by atomic mass is 32.2. The van der Waals surface area contributed by atoms with Gasteiger partial charge in [0.25, 0.3) is 0 Å². The molecule has 0 atom stereocenters. The average Bonchev–Trinajstić information content (AvgIpc) is 2.44. The second kappa shape index (κ2) is 6.57. The van der Waals surface area contributed by atoms with Crippen molar-refractivity contribution in [3.05, 3.63) is 40.2 Å². The van der Waals surface area contributed by atoms with Gasteiger partial charge in [-0.25, -0.2) is 4.79 Å². The normalized spacial score (nSPS) is 12.8. The Morgan fingerprint density at radius 2 is 1.88 bits per heavy atom. The molecule has 0 spiro atoms. The number of ether oxygens (including phenoxy) is 1. The SMILES string of the molecule is COC(C)(C)CS(=O)(=O)Oc1ccc2c(C(C)C)cc(=O)oc2c1. The summed E-state index contributed by atoms with van der Waals surface area (Å²) in [5.74, 6) is -0.0714. The van der Waals surface area contributed by atoms with Gasteiger partial charge in [-0.15, -0.1) is 0 Å². The number of hydrogen-bond donors (Lipinski definition) is 0. The molecule has 0 saturated carbocycles. The van der Waals surface area contributed by atoms with Crippen molar-refractivity contribution in [1.29, 1.82) is 0 Å². The zero-order chi connectivity index (χ0) is 18.1. The zero-order valence-electron chi connectivity index (χ0n) is 14.5. The van der Waals surface area contributed by atoms with Gasteiger partial charge in [0.05, 0.1) is 5.60 Å². The highest BCUT2D eigenvalue weighted by Gasteiger charge is 2.27. The van der Waals surface area contributed by atoms with Gasteiger partial charge in [-0.3, -0.25) is 0 Å². The lowest BCUT2D eigenvalue weighted by Crippen LogP contribution is -2.34. The van der Waals surface area contributed by atoms with Crippen LogP contribution in [0.25, 0.3) is 11.0 Å². The Labute approximate surface area is 141 Å². The smallest absolute Gasteiger partial charge is 0.336 e. The maximum Gasteiger partial charge on any atom is 0.336 e. The average molecular weight is 354 g/mol. The lowest BCUT2D eigenvalue weighted by Gasteiger charge is -2.22. The number of rotatable bonds is 6. The van der Waals surface area contributed by atoms with Gasteiger partial charge in [0, 0.05) is 24.6 Å². The van der Waals surface area contributed by atoms with Gasteiger partial charge in [-0.1, -0.05) is 13.8 Å². The molecule has 6 nitrogen and oxygen atoms in total. The van der Waals surface area contributed by atoms with E-state index in [1.807, 2.05) is 13.8 Å². The topological polar surface area (TPSA) is 82.8 Å². The van der Waals surface area contributed by atoms with Crippen LogP contribution in [0.1, 0.15) is 39.2 Å². The number of fused-ring (bicyclic) bond motifs is 1.